The second-order valence-electron chi connectivity index (χ2n) is 8.01. The minimum atomic E-state index is -0.309. The Labute approximate surface area is 176 Å². The molecule has 29 heavy (non-hydrogen) atoms. The molecule has 0 saturated heterocycles. The van der Waals surface area contributed by atoms with E-state index in [9.17, 15) is 4.79 Å². The Bertz CT molecular complexity index is 1020. The predicted octanol–water partition coefficient (Wildman–Crippen LogP) is 5.45. The van der Waals surface area contributed by atoms with E-state index in [1.54, 1.807) is 18.7 Å². The van der Waals surface area contributed by atoms with Crippen LogP contribution in [0.25, 0.3) is 0 Å². The molecule has 0 aliphatic carbocycles. The first-order valence-electron chi connectivity index (χ1n) is 9.47. The summed E-state index contributed by atoms with van der Waals surface area (Å²) in [5, 5.41) is 7.72. The highest BCUT2D eigenvalue weighted by molar-refractivity contribution is 6.33. The number of halogens is 1. The third-order valence-electron chi connectivity index (χ3n) is 4.78. The van der Waals surface area contributed by atoms with E-state index in [0.29, 0.717) is 34.4 Å². The summed E-state index contributed by atoms with van der Waals surface area (Å²) < 4.78 is 7.07. The number of hydrogen-bond acceptors (Lipinski definition) is 3. The first-order valence-corrected chi connectivity index (χ1v) is 9.85. The molecule has 1 aromatic heterocycles. The summed E-state index contributed by atoms with van der Waals surface area (Å²) in [4.78, 5) is 13.0. The van der Waals surface area contributed by atoms with Crippen LogP contribution < -0.4 is 10.1 Å². The predicted molar refractivity (Wildman–Crippen MR) is 117 cm³/mol. The number of anilines is 1. The molecule has 0 spiro atoms. The molecule has 0 unspecified atom stereocenters. The third kappa shape index (κ3) is 4.62. The van der Waals surface area contributed by atoms with E-state index in [1.807, 2.05) is 48.5 Å². The maximum atomic E-state index is 13.0. The Morgan fingerprint density at radius 3 is 2.48 bits per heavy atom. The van der Waals surface area contributed by atoms with Crippen molar-refractivity contribution in [2.75, 3.05) is 12.4 Å². The van der Waals surface area contributed by atoms with Crippen molar-refractivity contribution in [3.63, 3.8) is 0 Å². The number of aromatic nitrogens is 2. The number of carbonyl (C=O) groups is 1. The number of rotatable bonds is 5. The van der Waals surface area contributed by atoms with Crippen molar-refractivity contribution in [2.45, 2.75) is 39.7 Å². The van der Waals surface area contributed by atoms with Gasteiger partial charge in [0.05, 0.1) is 30.6 Å². The lowest BCUT2D eigenvalue weighted by Gasteiger charge is -2.21. The number of aryl methyl sites for hydroxylation is 1. The highest BCUT2D eigenvalue weighted by atomic mass is 35.5. The van der Waals surface area contributed by atoms with Crippen LogP contribution in [0.15, 0.2) is 48.5 Å². The minimum Gasteiger partial charge on any atom is -0.495 e. The molecule has 0 aliphatic rings. The van der Waals surface area contributed by atoms with Gasteiger partial charge in [0.1, 0.15) is 10.9 Å². The van der Waals surface area contributed by atoms with Crippen LogP contribution in [0.1, 0.15) is 48.0 Å². The standard InChI is InChI=1S/C23H26ClN3O2/c1-15-20(21(24)27(26-15)14-16-9-7-6-8-10-16)22(28)25-18-13-17(23(2,3)4)11-12-19(18)29-5/h6-13H,14H2,1-5H3,(H,25,28). The van der Waals surface area contributed by atoms with Gasteiger partial charge in [-0.15, -0.1) is 0 Å². The SMILES string of the molecule is COc1ccc(C(C)(C)C)cc1NC(=O)c1c(C)nn(Cc2ccccc2)c1Cl. The van der Waals surface area contributed by atoms with E-state index in [-0.39, 0.29) is 11.3 Å². The molecule has 3 aromatic rings. The molecule has 0 fully saturated rings. The van der Waals surface area contributed by atoms with Crippen LogP contribution in [0.2, 0.25) is 5.15 Å². The first kappa shape index (κ1) is 20.9. The number of amides is 1. The maximum absolute atomic E-state index is 13.0. The average molecular weight is 412 g/mol. The number of methoxy groups -OCH3 is 1. The third-order valence-corrected chi connectivity index (χ3v) is 5.17. The molecule has 5 nitrogen and oxygen atoms in total. The monoisotopic (exact) mass is 411 g/mol. The number of benzene rings is 2. The summed E-state index contributed by atoms with van der Waals surface area (Å²) in [7, 11) is 1.58. The van der Waals surface area contributed by atoms with Crippen molar-refractivity contribution in [3.05, 3.63) is 76.1 Å². The molecule has 0 saturated carbocycles. The average Bonchev–Trinajstić information content (AvgIpc) is 2.95. The van der Waals surface area contributed by atoms with E-state index in [2.05, 4.69) is 31.2 Å². The zero-order valence-electron chi connectivity index (χ0n) is 17.4. The highest BCUT2D eigenvalue weighted by Crippen LogP contribution is 2.32. The van der Waals surface area contributed by atoms with Gasteiger partial charge in [-0.3, -0.25) is 4.79 Å². The molecular formula is C23H26ClN3O2. The summed E-state index contributed by atoms with van der Waals surface area (Å²) >= 11 is 6.53. The van der Waals surface area contributed by atoms with Gasteiger partial charge in [-0.05, 0) is 35.6 Å². The van der Waals surface area contributed by atoms with Crippen molar-refractivity contribution in [1.29, 1.82) is 0 Å². The second-order valence-corrected chi connectivity index (χ2v) is 8.37. The molecular weight excluding hydrogens is 386 g/mol. The van der Waals surface area contributed by atoms with Gasteiger partial charge >= 0.3 is 0 Å². The number of hydrogen-bond donors (Lipinski definition) is 1. The van der Waals surface area contributed by atoms with Gasteiger partial charge < -0.3 is 10.1 Å². The van der Waals surface area contributed by atoms with Crippen molar-refractivity contribution in [2.24, 2.45) is 0 Å². The summed E-state index contributed by atoms with van der Waals surface area (Å²) in [5.74, 6) is 0.285. The molecule has 3 rings (SSSR count). The minimum absolute atomic E-state index is 0.0557. The Balaban J connectivity index is 1.90. The van der Waals surface area contributed by atoms with Gasteiger partial charge in [-0.2, -0.15) is 5.10 Å². The molecule has 1 heterocycles. The largest absolute Gasteiger partial charge is 0.495 e. The Morgan fingerprint density at radius 1 is 1.17 bits per heavy atom. The topological polar surface area (TPSA) is 56.1 Å². The van der Waals surface area contributed by atoms with Crippen LogP contribution in [-0.2, 0) is 12.0 Å². The molecule has 6 heteroatoms. The smallest absolute Gasteiger partial charge is 0.260 e. The van der Waals surface area contributed by atoms with E-state index in [0.717, 1.165) is 11.1 Å². The van der Waals surface area contributed by atoms with Crippen molar-refractivity contribution in [3.8, 4) is 5.75 Å². The van der Waals surface area contributed by atoms with E-state index < -0.39 is 0 Å². The number of carbonyl (C=O) groups excluding carboxylic acids is 1. The van der Waals surface area contributed by atoms with Crippen LogP contribution in [0, 0.1) is 6.92 Å². The number of nitrogens with one attached hydrogen (secondary N) is 1. The second kappa shape index (κ2) is 8.29. The molecule has 2 aromatic carbocycles. The maximum Gasteiger partial charge on any atom is 0.260 e. The molecule has 1 N–H and O–H groups in total. The fourth-order valence-corrected chi connectivity index (χ4v) is 3.45. The lowest BCUT2D eigenvalue weighted by molar-refractivity contribution is 0.102. The van der Waals surface area contributed by atoms with E-state index in [4.69, 9.17) is 16.3 Å². The van der Waals surface area contributed by atoms with E-state index >= 15 is 0 Å². The van der Waals surface area contributed by atoms with E-state index in [1.165, 1.54) is 0 Å². The molecule has 0 bridgehead atoms. The van der Waals surface area contributed by atoms with Gasteiger partial charge in [0, 0.05) is 0 Å². The Kier molecular flexibility index (Phi) is 5.99. The number of ether oxygens (including phenoxy) is 1. The fourth-order valence-electron chi connectivity index (χ4n) is 3.13. The summed E-state index contributed by atoms with van der Waals surface area (Å²) in [6, 6.07) is 15.7. The van der Waals surface area contributed by atoms with Crippen molar-refractivity contribution in [1.82, 2.24) is 9.78 Å². The lowest BCUT2D eigenvalue weighted by Crippen LogP contribution is -2.16. The molecule has 0 radical (unpaired) electrons. The van der Waals surface area contributed by atoms with Crippen LogP contribution >= 0.6 is 11.6 Å². The van der Waals surface area contributed by atoms with Gasteiger partial charge in [-0.25, -0.2) is 4.68 Å². The molecule has 0 atom stereocenters. The van der Waals surface area contributed by atoms with Crippen LogP contribution in [-0.4, -0.2) is 22.8 Å². The molecule has 0 aliphatic heterocycles. The lowest BCUT2D eigenvalue weighted by atomic mass is 9.87. The number of nitrogens with zero attached hydrogens (tertiary/aromatic N) is 2. The fraction of sp³-hybridized carbons (Fsp3) is 0.304. The zero-order chi connectivity index (χ0) is 21.2. The van der Waals surface area contributed by atoms with Crippen molar-refractivity contribution < 1.29 is 9.53 Å². The van der Waals surface area contributed by atoms with Crippen LogP contribution in [0.3, 0.4) is 0 Å². The van der Waals surface area contributed by atoms with Gasteiger partial charge in [0.15, 0.2) is 0 Å². The van der Waals surface area contributed by atoms with Gasteiger partial charge in [0.2, 0.25) is 0 Å². The van der Waals surface area contributed by atoms with Crippen molar-refractivity contribution >= 4 is 23.2 Å². The Morgan fingerprint density at radius 2 is 1.86 bits per heavy atom. The quantitative estimate of drug-likeness (QED) is 0.607. The summed E-state index contributed by atoms with van der Waals surface area (Å²) in [6.45, 7) is 8.64. The zero-order valence-corrected chi connectivity index (χ0v) is 18.2. The van der Waals surface area contributed by atoms with Gasteiger partial charge in [0.25, 0.3) is 5.91 Å². The first-order chi connectivity index (χ1) is 13.7. The highest BCUT2D eigenvalue weighted by Gasteiger charge is 2.23. The Hall–Kier alpha value is -2.79. The van der Waals surface area contributed by atoms with Crippen LogP contribution in [0.4, 0.5) is 5.69 Å². The van der Waals surface area contributed by atoms with Gasteiger partial charge in [-0.1, -0.05) is 68.8 Å². The summed E-state index contributed by atoms with van der Waals surface area (Å²) in [6.07, 6.45) is 0. The molecule has 1 amide bonds. The van der Waals surface area contributed by atoms with Crippen LogP contribution in [0.5, 0.6) is 5.75 Å². The molecule has 152 valence electrons. The summed E-state index contributed by atoms with van der Waals surface area (Å²) in [5.41, 5.74) is 3.65. The normalized spacial score (nSPS) is 11.4.